The number of carboxylic acid groups (broad SMARTS) is 1. The number of aromatic nitrogens is 4. The number of hydrogen-bond acceptors (Lipinski definition) is 7. The van der Waals surface area contributed by atoms with E-state index in [1.54, 1.807) is 31.2 Å². The molecule has 0 radical (unpaired) electrons. The molecule has 1 amide bonds. The maximum Gasteiger partial charge on any atom is 0.407 e. The summed E-state index contributed by atoms with van der Waals surface area (Å²) in [5, 5.41) is 28.1. The minimum atomic E-state index is -1.17. The first-order valence-corrected chi connectivity index (χ1v) is 11.5. The summed E-state index contributed by atoms with van der Waals surface area (Å²) in [6.45, 7) is 1.79. The maximum atomic E-state index is 12.6. The molecule has 36 heavy (non-hydrogen) atoms. The molecule has 1 aromatic heterocycles. The van der Waals surface area contributed by atoms with Crippen molar-refractivity contribution in [1.82, 2.24) is 25.7 Å². The third-order valence-electron chi connectivity index (χ3n) is 6.14. The average Bonchev–Trinajstić information content (AvgIpc) is 3.21. The summed E-state index contributed by atoms with van der Waals surface area (Å²) in [7, 11) is 0. The Labute approximate surface area is 207 Å². The zero-order valence-corrected chi connectivity index (χ0v) is 19.5. The fourth-order valence-corrected chi connectivity index (χ4v) is 4.45. The molecule has 1 aliphatic rings. The number of fused-ring (bicyclic) bond motifs is 3. The van der Waals surface area contributed by atoms with Crippen LogP contribution in [0.25, 0.3) is 22.5 Å². The van der Waals surface area contributed by atoms with Gasteiger partial charge >= 0.3 is 12.1 Å². The number of carbonyl (C=O) groups excluding carboxylic acids is 1. The van der Waals surface area contributed by atoms with Crippen LogP contribution < -0.4 is 5.32 Å². The molecule has 0 saturated carbocycles. The molecular formula is C27H23N5O4. The predicted molar refractivity (Wildman–Crippen MR) is 131 cm³/mol. The Morgan fingerprint density at radius 3 is 2.19 bits per heavy atom. The van der Waals surface area contributed by atoms with E-state index < -0.39 is 18.1 Å². The molecule has 0 saturated heterocycles. The van der Waals surface area contributed by atoms with E-state index in [0.717, 1.165) is 22.3 Å². The molecule has 0 aliphatic heterocycles. The van der Waals surface area contributed by atoms with E-state index in [4.69, 9.17) is 4.74 Å². The van der Waals surface area contributed by atoms with Gasteiger partial charge in [-0.25, -0.2) is 9.59 Å². The zero-order chi connectivity index (χ0) is 25.1. The molecule has 9 heteroatoms. The first-order chi connectivity index (χ1) is 17.5. The van der Waals surface area contributed by atoms with Gasteiger partial charge in [0.15, 0.2) is 5.82 Å². The highest BCUT2D eigenvalue weighted by atomic mass is 16.5. The van der Waals surface area contributed by atoms with E-state index in [1.807, 2.05) is 36.4 Å². The summed E-state index contributed by atoms with van der Waals surface area (Å²) in [6, 6.07) is 21.9. The highest BCUT2D eigenvalue weighted by Crippen LogP contribution is 2.44. The van der Waals surface area contributed by atoms with Crippen LogP contribution >= 0.6 is 0 Å². The molecule has 2 N–H and O–H groups in total. The normalized spacial score (nSPS) is 12.9. The lowest BCUT2D eigenvalue weighted by Gasteiger charge is -2.17. The third kappa shape index (κ3) is 4.76. The van der Waals surface area contributed by atoms with Gasteiger partial charge in [-0.2, -0.15) is 0 Å². The zero-order valence-electron chi connectivity index (χ0n) is 19.5. The Hall–Kier alpha value is -4.66. The molecule has 0 bridgehead atoms. The molecule has 0 spiro atoms. The molecule has 1 aliphatic carbocycles. The van der Waals surface area contributed by atoms with E-state index in [2.05, 4.69) is 37.8 Å². The van der Waals surface area contributed by atoms with Crippen molar-refractivity contribution >= 4 is 12.1 Å². The van der Waals surface area contributed by atoms with Crippen LogP contribution in [0.5, 0.6) is 0 Å². The maximum absolute atomic E-state index is 12.6. The number of ether oxygens (including phenoxy) is 1. The second-order valence-electron chi connectivity index (χ2n) is 8.54. The van der Waals surface area contributed by atoms with Crippen molar-refractivity contribution in [3.05, 3.63) is 95.3 Å². The van der Waals surface area contributed by atoms with Gasteiger partial charge in [-0.05, 0) is 40.8 Å². The monoisotopic (exact) mass is 481 g/mol. The number of amides is 1. The number of aliphatic carboxylic acids is 1. The quantitative estimate of drug-likeness (QED) is 0.408. The number of nitrogens with one attached hydrogen (secondary N) is 1. The van der Waals surface area contributed by atoms with E-state index in [9.17, 15) is 14.7 Å². The van der Waals surface area contributed by atoms with Crippen molar-refractivity contribution in [3.8, 4) is 22.5 Å². The summed E-state index contributed by atoms with van der Waals surface area (Å²) in [5.41, 5.74) is 5.74. The number of hydrogen-bond donors (Lipinski definition) is 2. The van der Waals surface area contributed by atoms with Crippen LogP contribution in [-0.4, -0.2) is 50.2 Å². The summed E-state index contributed by atoms with van der Waals surface area (Å²) in [5.74, 6) is -0.490. The first kappa shape index (κ1) is 23.1. The fraction of sp³-hybridized carbons (Fsp3) is 0.185. The highest BCUT2D eigenvalue weighted by Gasteiger charge is 2.29. The number of alkyl carbamates (subject to hydrolysis) is 1. The molecule has 1 heterocycles. The van der Waals surface area contributed by atoms with Crippen molar-refractivity contribution in [3.63, 3.8) is 0 Å². The van der Waals surface area contributed by atoms with Gasteiger partial charge in [-0.15, -0.1) is 20.4 Å². The van der Waals surface area contributed by atoms with Crippen LogP contribution in [0.15, 0.2) is 72.8 Å². The largest absolute Gasteiger partial charge is 0.480 e. The Balaban J connectivity index is 1.26. The number of nitrogens with zero attached hydrogens (tertiary/aromatic N) is 4. The van der Waals surface area contributed by atoms with Gasteiger partial charge in [0.1, 0.15) is 12.6 Å². The van der Waals surface area contributed by atoms with Gasteiger partial charge in [0.25, 0.3) is 0 Å². The second kappa shape index (κ2) is 9.91. The summed E-state index contributed by atoms with van der Waals surface area (Å²) >= 11 is 0. The van der Waals surface area contributed by atoms with Crippen molar-refractivity contribution in [1.29, 1.82) is 0 Å². The van der Waals surface area contributed by atoms with Gasteiger partial charge in [-0.3, -0.25) is 0 Å². The lowest BCUT2D eigenvalue weighted by atomic mass is 9.98. The van der Waals surface area contributed by atoms with Gasteiger partial charge in [0.2, 0.25) is 5.82 Å². The smallest absolute Gasteiger partial charge is 0.407 e. The minimum Gasteiger partial charge on any atom is -0.480 e. The lowest BCUT2D eigenvalue weighted by Crippen LogP contribution is -2.42. The molecular weight excluding hydrogens is 458 g/mol. The Kier molecular flexibility index (Phi) is 6.36. The molecule has 9 nitrogen and oxygen atoms in total. The molecule has 4 aromatic rings. The van der Waals surface area contributed by atoms with Crippen LogP contribution in [0.1, 0.15) is 28.4 Å². The van der Waals surface area contributed by atoms with Gasteiger partial charge in [-0.1, -0.05) is 66.7 Å². The highest BCUT2D eigenvalue weighted by molar-refractivity contribution is 5.81. The molecule has 0 fully saturated rings. The molecule has 0 unspecified atom stereocenters. The summed E-state index contributed by atoms with van der Waals surface area (Å²) < 4.78 is 5.51. The van der Waals surface area contributed by atoms with Gasteiger partial charge in [0.05, 0.1) is 0 Å². The van der Waals surface area contributed by atoms with Gasteiger partial charge in [0, 0.05) is 17.9 Å². The van der Waals surface area contributed by atoms with Crippen LogP contribution in [0, 0.1) is 6.92 Å². The van der Waals surface area contributed by atoms with Crippen LogP contribution in [0.2, 0.25) is 0 Å². The summed E-state index contributed by atoms with van der Waals surface area (Å²) in [4.78, 5) is 24.5. The molecule has 5 rings (SSSR count). The minimum absolute atomic E-state index is 0.0556. The predicted octanol–water partition coefficient (Wildman–Crippen LogP) is 3.78. The molecule has 3 aromatic carbocycles. The van der Waals surface area contributed by atoms with Crippen LogP contribution in [-0.2, 0) is 16.0 Å². The van der Waals surface area contributed by atoms with Crippen molar-refractivity contribution in [2.75, 3.05) is 6.61 Å². The van der Waals surface area contributed by atoms with Crippen LogP contribution in [0.4, 0.5) is 4.79 Å². The van der Waals surface area contributed by atoms with Crippen molar-refractivity contribution in [2.24, 2.45) is 0 Å². The van der Waals surface area contributed by atoms with E-state index in [1.165, 1.54) is 0 Å². The molecule has 180 valence electrons. The number of carbonyl (C=O) groups is 2. The van der Waals surface area contributed by atoms with Gasteiger partial charge < -0.3 is 15.2 Å². The number of benzene rings is 3. The first-order valence-electron chi connectivity index (χ1n) is 11.5. The van der Waals surface area contributed by atoms with E-state index >= 15 is 0 Å². The Bertz CT molecular complexity index is 1380. The fourth-order valence-electron chi connectivity index (χ4n) is 4.45. The van der Waals surface area contributed by atoms with E-state index in [0.29, 0.717) is 22.8 Å². The Morgan fingerprint density at radius 1 is 0.917 bits per heavy atom. The number of carboxylic acids is 1. The lowest BCUT2D eigenvalue weighted by molar-refractivity contribution is -0.139. The topological polar surface area (TPSA) is 127 Å². The SMILES string of the molecule is Cc1nnc(-c2cccc(C[C@H](NC(=O)OCC3c4ccccc4-c4ccccc43)C(=O)O)c2)nn1. The third-order valence-corrected chi connectivity index (χ3v) is 6.14. The molecule has 1 atom stereocenters. The standard InChI is InChI=1S/C27H23N5O4/c1-16-29-31-25(32-30-16)18-8-6-7-17(13-18)14-24(26(33)34)28-27(35)36-15-23-21-11-4-2-9-19(21)20-10-3-5-12-22(20)23/h2-13,23-24H,14-15H2,1H3,(H,28,35)(H,33,34)/t24-/m0/s1. The second-order valence-corrected chi connectivity index (χ2v) is 8.54. The average molecular weight is 482 g/mol. The summed E-state index contributed by atoms with van der Waals surface area (Å²) in [6.07, 6.45) is -0.726. The van der Waals surface area contributed by atoms with Crippen molar-refractivity contribution in [2.45, 2.75) is 25.3 Å². The van der Waals surface area contributed by atoms with Crippen LogP contribution in [0.3, 0.4) is 0 Å². The van der Waals surface area contributed by atoms with Crippen molar-refractivity contribution < 1.29 is 19.4 Å². The number of rotatable bonds is 7. The van der Waals surface area contributed by atoms with E-state index in [-0.39, 0.29) is 18.9 Å². The Morgan fingerprint density at radius 2 is 1.56 bits per heavy atom. The number of aryl methyl sites for hydroxylation is 1.